The first-order valence-corrected chi connectivity index (χ1v) is 7.05. The number of nitrogens with one attached hydrogen (secondary N) is 1. The zero-order valence-corrected chi connectivity index (χ0v) is 11.6. The number of hydrogen-bond acceptors (Lipinski definition) is 4. The SMILES string of the molecule is CC1CC(NCc2cc(=O)n3ccccc3n2)CCO1. The van der Waals surface area contributed by atoms with Gasteiger partial charge in [0, 0.05) is 31.5 Å². The van der Waals surface area contributed by atoms with Gasteiger partial charge < -0.3 is 10.1 Å². The van der Waals surface area contributed by atoms with Gasteiger partial charge in [-0.2, -0.15) is 0 Å². The molecule has 1 aliphatic rings. The summed E-state index contributed by atoms with van der Waals surface area (Å²) in [5.41, 5.74) is 1.45. The molecule has 2 unspecified atom stereocenters. The van der Waals surface area contributed by atoms with Gasteiger partial charge in [-0.15, -0.1) is 0 Å². The van der Waals surface area contributed by atoms with E-state index in [1.165, 1.54) is 0 Å². The first kappa shape index (κ1) is 13.3. The maximum Gasteiger partial charge on any atom is 0.258 e. The number of nitrogens with zero attached hydrogens (tertiary/aromatic N) is 2. The molecule has 0 aromatic carbocycles. The molecule has 2 aromatic rings. The van der Waals surface area contributed by atoms with Crippen molar-refractivity contribution in [1.29, 1.82) is 0 Å². The van der Waals surface area contributed by atoms with E-state index in [1.807, 2.05) is 18.2 Å². The van der Waals surface area contributed by atoms with Crippen LogP contribution in [0.15, 0.2) is 35.3 Å². The van der Waals surface area contributed by atoms with Gasteiger partial charge in [0.15, 0.2) is 0 Å². The molecule has 3 rings (SSSR count). The van der Waals surface area contributed by atoms with Crippen LogP contribution in [0.5, 0.6) is 0 Å². The smallest absolute Gasteiger partial charge is 0.258 e. The van der Waals surface area contributed by atoms with Gasteiger partial charge in [0.05, 0.1) is 11.8 Å². The van der Waals surface area contributed by atoms with Gasteiger partial charge in [-0.05, 0) is 31.9 Å². The van der Waals surface area contributed by atoms with Crippen LogP contribution in [0.1, 0.15) is 25.5 Å². The van der Waals surface area contributed by atoms with Crippen LogP contribution in [0.4, 0.5) is 0 Å². The Morgan fingerprint density at radius 3 is 3.25 bits per heavy atom. The van der Waals surface area contributed by atoms with E-state index in [4.69, 9.17) is 4.74 Å². The molecule has 0 bridgehead atoms. The molecule has 2 atom stereocenters. The van der Waals surface area contributed by atoms with Crippen molar-refractivity contribution in [2.24, 2.45) is 0 Å². The Morgan fingerprint density at radius 1 is 1.50 bits per heavy atom. The van der Waals surface area contributed by atoms with E-state index in [9.17, 15) is 4.79 Å². The lowest BCUT2D eigenvalue weighted by atomic mass is 10.0. The highest BCUT2D eigenvalue weighted by Crippen LogP contribution is 2.13. The number of aromatic nitrogens is 2. The molecular weight excluding hydrogens is 254 g/mol. The number of rotatable bonds is 3. The third-order valence-electron chi connectivity index (χ3n) is 3.68. The monoisotopic (exact) mass is 273 g/mol. The quantitative estimate of drug-likeness (QED) is 0.917. The summed E-state index contributed by atoms with van der Waals surface area (Å²) in [6.07, 6.45) is 4.06. The number of pyridine rings is 1. The van der Waals surface area contributed by atoms with Crippen LogP contribution in [0.3, 0.4) is 0 Å². The normalized spacial score (nSPS) is 23.1. The van der Waals surface area contributed by atoms with Crippen LogP contribution in [0.25, 0.3) is 5.65 Å². The Morgan fingerprint density at radius 2 is 2.40 bits per heavy atom. The van der Waals surface area contributed by atoms with Gasteiger partial charge in [-0.25, -0.2) is 4.98 Å². The maximum absolute atomic E-state index is 12.0. The Labute approximate surface area is 117 Å². The van der Waals surface area contributed by atoms with Crippen molar-refractivity contribution >= 4 is 5.65 Å². The van der Waals surface area contributed by atoms with E-state index in [2.05, 4.69) is 17.2 Å². The molecule has 20 heavy (non-hydrogen) atoms. The molecule has 0 spiro atoms. The maximum atomic E-state index is 12.0. The van der Waals surface area contributed by atoms with Crippen molar-refractivity contribution in [2.75, 3.05) is 6.61 Å². The molecule has 0 saturated carbocycles. The summed E-state index contributed by atoms with van der Waals surface area (Å²) >= 11 is 0. The molecule has 2 aromatic heterocycles. The van der Waals surface area contributed by atoms with Crippen molar-refractivity contribution in [3.63, 3.8) is 0 Å². The average molecular weight is 273 g/mol. The molecule has 3 heterocycles. The van der Waals surface area contributed by atoms with E-state index >= 15 is 0 Å². The highest BCUT2D eigenvalue weighted by atomic mass is 16.5. The molecule has 5 heteroatoms. The summed E-state index contributed by atoms with van der Waals surface area (Å²) in [5.74, 6) is 0. The van der Waals surface area contributed by atoms with Gasteiger partial charge in [-0.3, -0.25) is 9.20 Å². The molecule has 0 radical (unpaired) electrons. The Hall–Kier alpha value is -1.72. The highest BCUT2D eigenvalue weighted by Gasteiger charge is 2.18. The van der Waals surface area contributed by atoms with E-state index in [-0.39, 0.29) is 5.56 Å². The Bertz CT molecular complexity index is 653. The topological polar surface area (TPSA) is 55.6 Å². The van der Waals surface area contributed by atoms with E-state index in [0.29, 0.717) is 24.3 Å². The minimum absolute atomic E-state index is 0.0345. The van der Waals surface area contributed by atoms with E-state index in [1.54, 1.807) is 16.7 Å². The molecular formula is C15H19N3O2. The van der Waals surface area contributed by atoms with Gasteiger partial charge in [-0.1, -0.05) is 6.07 Å². The van der Waals surface area contributed by atoms with Crippen LogP contribution in [0.2, 0.25) is 0 Å². The van der Waals surface area contributed by atoms with Crippen LogP contribution in [-0.4, -0.2) is 28.1 Å². The Kier molecular flexibility index (Phi) is 3.80. The fraction of sp³-hybridized carbons (Fsp3) is 0.467. The summed E-state index contributed by atoms with van der Waals surface area (Å²) in [4.78, 5) is 16.5. The second-order valence-electron chi connectivity index (χ2n) is 5.30. The van der Waals surface area contributed by atoms with Crippen LogP contribution >= 0.6 is 0 Å². The van der Waals surface area contributed by atoms with Crippen molar-refractivity contribution in [2.45, 2.75) is 38.5 Å². The van der Waals surface area contributed by atoms with Gasteiger partial charge >= 0.3 is 0 Å². The van der Waals surface area contributed by atoms with Gasteiger partial charge in [0.1, 0.15) is 5.65 Å². The summed E-state index contributed by atoms with van der Waals surface area (Å²) in [7, 11) is 0. The minimum atomic E-state index is -0.0345. The van der Waals surface area contributed by atoms with Crippen LogP contribution in [0, 0.1) is 0 Å². The third-order valence-corrected chi connectivity index (χ3v) is 3.68. The average Bonchev–Trinajstić information content (AvgIpc) is 2.45. The fourth-order valence-corrected chi connectivity index (χ4v) is 2.63. The highest BCUT2D eigenvalue weighted by molar-refractivity contribution is 5.37. The summed E-state index contributed by atoms with van der Waals surface area (Å²) in [6, 6.07) is 7.61. The lowest BCUT2D eigenvalue weighted by molar-refractivity contribution is 0.0130. The van der Waals surface area contributed by atoms with Crippen molar-refractivity contribution in [3.05, 3.63) is 46.5 Å². The van der Waals surface area contributed by atoms with Crippen LogP contribution < -0.4 is 10.9 Å². The van der Waals surface area contributed by atoms with Crippen molar-refractivity contribution in [3.8, 4) is 0 Å². The third kappa shape index (κ3) is 2.89. The number of ether oxygens (including phenoxy) is 1. The van der Waals surface area contributed by atoms with Crippen molar-refractivity contribution < 1.29 is 4.74 Å². The first-order chi connectivity index (χ1) is 9.72. The molecule has 1 fully saturated rings. The predicted octanol–water partition coefficient (Wildman–Crippen LogP) is 1.35. The largest absolute Gasteiger partial charge is 0.378 e. The first-order valence-electron chi connectivity index (χ1n) is 7.05. The molecule has 1 aliphatic heterocycles. The number of fused-ring (bicyclic) bond motifs is 1. The molecule has 1 saturated heterocycles. The van der Waals surface area contributed by atoms with Gasteiger partial charge in [0.2, 0.25) is 0 Å². The van der Waals surface area contributed by atoms with Crippen molar-refractivity contribution in [1.82, 2.24) is 14.7 Å². The zero-order chi connectivity index (χ0) is 13.9. The molecule has 106 valence electrons. The summed E-state index contributed by atoms with van der Waals surface area (Å²) in [5, 5.41) is 3.47. The summed E-state index contributed by atoms with van der Waals surface area (Å²) in [6.45, 7) is 3.51. The molecule has 0 aliphatic carbocycles. The lowest BCUT2D eigenvalue weighted by Gasteiger charge is -2.27. The Balaban J connectivity index is 1.73. The second kappa shape index (κ2) is 5.73. The standard InChI is InChI=1S/C15H19N3O2/c1-11-8-12(5-7-20-11)16-10-13-9-15(19)18-6-3-2-4-14(18)17-13/h2-4,6,9,11-12,16H,5,7-8,10H2,1H3. The predicted molar refractivity (Wildman–Crippen MR) is 76.7 cm³/mol. The summed E-state index contributed by atoms with van der Waals surface area (Å²) < 4.78 is 7.08. The minimum Gasteiger partial charge on any atom is -0.378 e. The zero-order valence-electron chi connectivity index (χ0n) is 11.6. The molecule has 0 amide bonds. The van der Waals surface area contributed by atoms with Crippen LogP contribution in [-0.2, 0) is 11.3 Å². The van der Waals surface area contributed by atoms with E-state index < -0.39 is 0 Å². The number of hydrogen-bond donors (Lipinski definition) is 1. The molecule has 5 nitrogen and oxygen atoms in total. The lowest BCUT2D eigenvalue weighted by Crippen LogP contribution is -2.38. The van der Waals surface area contributed by atoms with Gasteiger partial charge in [0.25, 0.3) is 5.56 Å². The second-order valence-corrected chi connectivity index (χ2v) is 5.30. The fourth-order valence-electron chi connectivity index (χ4n) is 2.63. The molecule has 1 N–H and O–H groups in total. The van der Waals surface area contributed by atoms with E-state index in [0.717, 1.165) is 25.1 Å².